The molecule has 0 unspecified atom stereocenters. The molecule has 0 saturated heterocycles. The Hall–Kier alpha value is -1.59. The van der Waals surface area contributed by atoms with Crippen LogP contribution < -0.4 is 10.8 Å². The van der Waals surface area contributed by atoms with Gasteiger partial charge in [0, 0.05) is 19.7 Å². The number of nitrogens with one attached hydrogen (secondary N) is 2. The highest BCUT2D eigenvalue weighted by atomic mass is 16.7. The number of amides is 1. The van der Waals surface area contributed by atoms with Crippen LogP contribution in [0.5, 0.6) is 0 Å². The number of methoxy groups -OCH3 is 1. The van der Waals surface area contributed by atoms with Gasteiger partial charge >= 0.3 is 0 Å². The Kier molecular flexibility index (Phi) is 5.31. The molecule has 5 heteroatoms. The van der Waals surface area contributed by atoms with Crippen molar-refractivity contribution in [1.82, 2.24) is 0 Å². The normalized spacial score (nSPS) is 9.88. The largest absolute Gasteiger partial charge is 0.382 e. The van der Waals surface area contributed by atoms with Crippen molar-refractivity contribution >= 4 is 17.3 Å². The zero-order valence-corrected chi connectivity index (χ0v) is 9.45. The van der Waals surface area contributed by atoms with Crippen molar-refractivity contribution in [2.45, 2.75) is 6.92 Å². The van der Waals surface area contributed by atoms with E-state index >= 15 is 0 Å². The van der Waals surface area contributed by atoms with Crippen molar-refractivity contribution in [3.05, 3.63) is 24.3 Å². The summed E-state index contributed by atoms with van der Waals surface area (Å²) in [6, 6.07) is 7.27. The van der Waals surface area contributed by atoms with Gasteiger partial charge in [-0.1, -0.05) is 6.07 Å². The minimum atomic E-state index is -0.0996. The van der Waals surface area contributed by atoms with Crippen molar-refractivity contribution in [3.8, 4) is 0 Å². The van der Waals surface area contributed by atoms with E-state index in [4.69, 9.17) is 9.57 Å². The molecule has 0 fully saturated rings. The number of benzene rings is 1. The molecule has 0 bridgehead atoms. The van der Waals surface area contributed by atoms with Crippen LogP contribution >= 0.6 is 0 Å². The number of ether oxygens (including phenoxy) is 1. The van der Waals surface area contributed by atoms with Crippen molar-refractivity contribution in [1.29, 1.82) is 0 Å². The van der Waals surface area contributed by atoms with Crippen molar-refractivity contribution in [2.24, 2.45) is 0 Å². The van der Waals surface area contributed by atoms with E-state index in [1.807, 2.05) is 18.2 Å². The lowest BCUT2D eigenvalue weighted by atomic mass is 10.3. The third-order valence-electron chi connectivity index (χ3n) is 1.76. The van der Waals surface area contributed by atoms with Gasteiger partial charge in [-0.25, -0.2) is 0 Å². The standard InChI is InChI=1S/C11H16N2O3/c1-9(14)12-10-4-3-5-11(8-10)13-16-7-6-15-2/h3-5,8,13H,6-7H2,1-2H3,(H,12,14). The van der Waals surface area contributed by atoms with Gasteiger partial charge in [-0.3, -0.25) is 15.1 Å². The molecule has 1 rings (SSSR count). The Bertz CT molecular complexity index is 342. The summed E-state index contributed by atoms with van der Waals surface area (Å²) in [4.78, 5) is 16.0. The predicted octanol–water partition coefficient (Wildman–Crippen LogP) is 1.63. The quantitative estimate of drug-likeness (QED) is 0.569. The van der Waals surface area contributed by atoms with E-state index in [1.54, 1.807) is 13.2 Å². The van der Waals surface area contributed by atoms with Crippen LogP contribution in [0.4, 0.5) is 11.4 Å². The van der Waals surface area contributed by atoms with Crippen LogP contribution in [0.3, 0.4) is 0 Å². The topological polar surface area (TPSA) is 59.6 Å². The van der Waals surface area contributed by atoms with Crippen molar-refractivity contribution in [3.63, 3.8) is 0 Å². The number of carbonyl (C=O) groups excluding carboxylic acids is 1. The third kappa shape index (κ3) is 4.77. The van der Waals surface area contributed by atoms with Crippen LogP contribution in [0, 0.1) is 0 Å². The summed E-state index contributed by atoms with van der Waals surface area (Å²) in [5, 5.41) is 2.69. The fourth-order valence-electron chi connectivity index (χ4n) is 1.12. The minimum Gasteiger partial charge on any atom is -0.382 e. The predicted molar refractivity (Wildman–Crippen MR) is 62.2 cm³/mol. The summed E-state index contributed by atoms with van der Waals surface area (Å²) in [5.74, 6) is -0.0996. The number of carbonyl (C=O) groups is 1. The van der Waals surface area contributed by atoms with Gasteiger partial charge in [0.25, 0.3) is 0 Å². The number of rotatable bonds is 6. The summed E-state index contributed by atoms with van der Waals surface area (Å²) in [7, 11) is 1.61. The Labute approximate surface area is 94.7 Å². The molecule has 0 aromatic heterocycles. The average Bonchev–Trinajstić information content (AvgIpc) is 2.24. The summed E-state index contributed by atoms with van der Waals surface area (Å²) in [5.41, 5.74) is 4.27. The smallest absolute Gasteiger partial charge is 0.221 e. The van der Waals surface area contributed by atoms with E-state index in [-0.39, 0.29) is 5.91 Å². The van der Waals surface area contributed by atoms with E-state index in [2.05, 4.69) is 10.8 Å². The first-order chi connectivity index (χ1) is 7.72. The molecule has 2 N–H and O–H groups in total. The molecule has 88 valence electrons. The SMILES string of the molecule is COCCONc1cccc(NC(C)=O)c1. The second-order valence-corrected chi connectivity index (χ2v) is 3.21. The van der Waals surface area contributed by atoms with Crippen LogP contribution in [-0.4, -0.2) is 26.2 Å². The summed E-state index contributed by atoms with van der Waals surface area (Å²) in [6.07, 6.45) is 0. The van der Waals surface area contributed by atoms with Crippen LogP contribution in [0.15, 0.2) is 24.3 Å². The maximum atomic E-state index is 10.8. The fraction of sp³-hybridized carbons (Fsp3) is 0.364. The monoisotopic (exact) mass is 224 g/mol. The second-order valence-electron chi connectivity index (χ2n) is 3.21. The second kappa shape index (κ2) is 6.81. The lowest BCUT2D eigenvalue weighted by Crippen LogP contribution is -2.08. The Balaban J connectivity index is 2.44. The Morgan fingerprint density at radius 3 is 2.75 bits per heavy atom. The van der Waals surface area contributed by atoms with E-state index in [0.29, 0.717) is 13.2 Å². The molecule has 1 amide bonds. The summed E-state index contributed by atoms with van der Waals surface area (Å²) in [6.45, 7) is 2.45. The highest BCUT2D eigenvalue weighted by molar-refractivity contribution is 5.89. The fourth-order valence-corrected chi connectivity index (χ4v) is 1.12. The number of hydrogen-bond acceptors (Lipinski definition) is 4. The summed E-state index contributed by atoms with van der Waals surface area (Å²) < 4.78 is 4.83. The molecular weight excluding hydrogens is 208 g/mol. The maximum absolute atomic E-state index is 10.8. The molecule has 0 aliphatic heterocycles. The third-order valence-corrected chi connectivity index (χ3v) is 1.76. The van der Waals surface area contributed by atoms with Crippen LogP contribution in [0.1, 0.15) is 6.92 Å². The average molecular weight is 224 g/mol. The zero-order valence-electron chi connectivity index (χ0n) is 9.45. The number of hydrogen-bond donors (Lipinski definition) is 2. The Morgan fingerprint density at radius 2 is 2.06 bits per heavy atom. The molecule has 0 heterocycles. The van der Waals surface area contributed by atoms with Crippen LogP contribution in [-0.2, 0) is 14.4 Å². The molecule has 0 saturated carbocycles. The molecule has 0 radical (unpaired) electrons. The molecule has 0 aliphatic carbocycles. The Morgan fingerprint density at radius 1 is 1.31 bits per heavy atom. The molecule has 16 heavy (non-hydrogen) atoms. The summed E-state index contributed by atoms with van der Waals surface area (Å²) >= 11 is 0. The molecule has 0 aliphatic rings. The van der Waals surface area contributed by atoms with Gasteiger partial charge in [0.15, 0.2) is 0 Å². The minimum absolute atomic E-state index is 0.0996. The maximum Gasteiger partial charge on any atom is 0.221 e. The molecule has 0 atom stereocenters. The van der Waals surface area contributed by atoms with E-state index in [9.17, 15) is 4.79 Å². The molecule has 1 aromatic carbocycles. The highest BCUT2D eigenvalue weighted by Gasteiger charge is 1.97. The van der Waals surface area contributed by atoms with Crippen LogP contribution in [0.25, 0.3) is 0 Å². The van der Waals surface area contributed by atoms with E-state index in [1.165, 1.54) is 6.92 Å². The molecule has 0 spiro atoms. The first kappa shape index (κ1) is 12.5. The molecule has 5 nitrogen and oxygen atoms in total. The molecular formula is C11H16N2O3. The van der Waals surface area contributed by atoms with Gasteiger partial charge < -0.3 is 10.1 Å². The van der Waals surface area contributed by atoms with Gasteiger partial charge in [-0.2, -0.15) is 0 Å². The van der Waals surface area contributed by atoms with Gasteiger partial charge in [0.2, 0.25) is 5.91 Å². The van der Waals surface area contributed by atoms with Gasteiger partial charge in [-0.05, 0) is 18.2 Å². The molecule has 1 aromatic rings. The zero-order chi connectivity index (χ0) is 11.8. The highest BCUT2D eigenvalue weighted by Crippen LogP contribution is 2.14. The van der Waals surface area contributed by atoms with E-state index in [0.717, 1.165) is 11.4 Å². The van der Waals surface area contributed by atoms with Crippen molar-refractivity contribution < 1.29 is 14.4 Å². The first-order valence-corrected chi connectivity index (χ1v) is 4.97. The lowest BCUT2D eigenvalue weighted by molar-refractivity contribution is -0.114. The van der Waals surface area contributed by atoms with Gasteiger partial charge in [-0.15, -0.1) is 0 Å². The lowest BCUT2D eigenvalue weighted by Gasteiger charge is -2.08. The van der Waals surface area contributed by atoms with Crippen LogP contribution in [0.2, 0.25) is 0 Å². The van der Waals surface area contributed by atoms with Crippen molar-refractivity contribution in [2.75, 3.05) is 31.1 Å². The number of anilines is 2. The van der Waals surface area contributed by atoms with Gasteiger partial charge in [0.05, 0.1) is 18.9 Å². The van der Waals surface area contributed by atoms with Gasteiger partial charge in [0.1, 0.15) is 0 Å². The van der Waals surface area contributed by atoms with E-state index < -0.39 is 0 Å². The first-order valence-electron chi connectivity index (χ1n) is 4.97.